The second kappa shape index (κ2) is 10.5. The number of imide groups is 1. The van der Waals surface area contributed by atoms with E-state index in [1.54, 1.807) is 42.5 Å². The van der Waals surface area contributed by atoms with Crippen LogP contribution in [0.1, 0.15) is 21.9 Å². The first-order valence-electron chi connectivity index (χ1n) is 11.9. The summed E-state index contributed by atoms with van der Waals surface area (Å²) in [4.78, 5) is 55.5. The van der Waals surface area contributed by atoms with Crippen molar-refractivity contribution in [1.29, 1.82) is 0 Å². The molecule has 1 fully saturated rings. The van der Waals surface area contributed by atoms with Crippen LogP contribution in [0.25, 0.3) is 0 Å². The number of rotatable bonds is 6. The highest BCUT2D eigenvalue weighted by atomic mass is 79.9. The molecule has 0 spiro atoms. The van der Waals surface area contributed by atoms with Crippen LogP contribution >= 0.6 is 50.6 Å². The summed E-state index contributed by atoms with van der Waals surface area (Å²) >= 11 is 11.5. The molecule has 13 heteroatoms. The number of non-ortho nitro benzene ring substituents is 1. The number of hydrogen-bond donors (Lipinski definition) is 1. The lowest BCUT2D eigenvalue weighted by Gasteiger charge is -2.30. The topological polar surface area (TPSA) is 123 Å². The fraction of sp³-hybridized carbons (Fsp3) is 0.148. The molecular weight excluding hydrogens is 642 g/mol. The fourth-order valence-electron chi connectivity index (χ4n) is 5.01. The minimum Gasteiger partial charge on any atom is -0.489 e. The number of nitrogens with one attached hydrogen (secondary N) is 1. The maximum Gasteiger partial charge on any atom is 0.305 e. The quantitative estimate of drug-likeness (QED) is 0.150. The van der Waals surface area contributed by atoms with Crippen LogP contribution in [0.4, 0.5) is 11.4 Å². The predicted molar refractivity (Wildman–Crippen MR) is 155 cm³/mol. The van der Waals surface area contributed by atoms with Crippen LogP contribution in [0.5, 0.6) is 5.75 Å². The first-order valence-corrected chi connectivity index (χ1v) is 14.8. The number of hydrogen-bond acceptors (Lipinski definition) is 8. The Morgan fingerprint density at radius 3 is 2.55 bits per heavy atom. The van der Waals surface area contributed by atoms with E-state index in [2.05, 4.69) is 20.9 Å². The SMILES string of the molecule is O=C1[C@H]2[C@H](c3cc([N+](=O)[O-])ccc3OCc3cccc(Cl)c3)c3sc(=O)[nH]c3S[C@H]2C(=O)N1c1ccc(Br)cc1. The van der Waals surface area contributed by atoms with Gasteiger partial charge in [0.15, 0.2) is 0 Å². The molecule has 1 aromatic heterocycles. The summed E-state index contributed by atoms with van der Waals surface area (Å²) in [6.07, 6.45) is 0. The van der Waals surface area contributed by atoms with Crippen LogP contribution < -0.4 is 14.5 Å². The van der Waals surface area contributed by atoms with Crippen molar-refractivity contribution in [3.63, 3.8) is 0 Å². The molecule has 2 aliphatic rings. The number of thiazole rings is 1. The molecule has 1 saturated heterocycles. The van der Waals surface area contributed by atoms with Crippen molar-refractivity contribution in [1.82, 2.24) is 4.98 Å². The number of ether oxygens (including phenoxy) is 1. The lowest BCUT2D eigenvalue weighted by molar-refractivity contribution is -0.385. The summed E-state index contributed by atoms with van der Waals surface area (Å²) in [6, 6.07) is 18.1. The van der Waals surface area contributed by atoms with Crippen molar-refractivity contribution in [2.75, 3.05) is 4.90 Å². The van der Waals surface area contributed by atoms with Gasteiger partial charge in [0.25, 0.3) is 5.69 Å². The molecule has 0 aliphatic carbocycles. The van der Waals surface area contributed by atoms with Gasteiger partial charge in [-0.1, -0.05) is 62.8 Å². The van der Waals surface area contributed by atoms with Gasteiger partial charge in [0.05, 0.1) is 21.6 Å². The number of H-pyrrole nitrogens is 1. The van der Waals surface area contributed by atoms with Gasteiger partial charge in [-0.25, -0.2) is 4.90 Å². The van der Waals surface area contributed by atoms with Crippen LogP contribution in [0.15, 0.2) is 81.0 Å². The average Bonchev–Trinajstić information content (AvgIpc) is 3.42. The second-order valence-corrected chi connectivity index (χ2v) is 12.7. The molecule has 2 amide bonds. The van der Waals surface area contributed by atoms with Crippen molar-refractivity contribution < 1.29 is 19.2 Å². The first kappa shape index (κ1) is 26.8. The smallest absolute Gasteiger partial charge is 0.305 e. The van der Waals surface area contributed by atoms with Gasteiger partial charge < -0.3 is 9.72 Å². The van der Waals surface area contributed by atoms with Crippen LogP contribution in [-0.2, 0) is 16.2 Å². The number of nitro benzene ring substituents is 1. The molecule has 9 nitrogen and oxygen atoms in total. The second-order valence-electron chi connectivity index (χ2n) is 9.14. The molecule has 0 unspecified atom stereocenters. The van der Waals surface area contributed by atoms with Crippen molar-refractivity contribution in [2.24, 2.45) is 5.92 Å². The number of anilines is 1. The first-order chi connectivity index (χ1) is 19.2. The monoisotopic (exact) mass is 657 g/mol. The summed E-state index contributed by atoms with van der Waals surface area (Å²) in [5.74, 6) is -2.33. The molecule has 202 valence electrons. The lowest BCUT2D eigenvalue weighted by atomic mass is 9.82. The number of thioether (sulfide) groups is 1. The molecule has 0 radical (unpaired) electrons. The van der Waals surface area contributed by atoms with Crippen molar-refractivity contribution in [2.45, 2.75) is 22.8 Å². The Kier molecular flexibility index (Phi) is 7.03. The number of halogens is 2. The Morgan fingerprint density at radius 1 is 1.05 bits per heavy atom. The largest absolute Gasteiger partial charge is 0.489 e. The zero-order valence-electron chi connectivity index (χ0n) is 20.2. The highest BCUT2D eigenvalue weighted by Crippen LogP contribution is 2.55. The van der Waals surface area contributed by atoms with Gasteiger partial charge in [-0.05, 0) is 48.0 Å². The molecule has 1 N–H and O–H groups in total. The third-order valence-electron chi connectivity index (χ3n) is 6.73. The summed E-state index contributed by atoms with van der Waals surface area (Å²) in [5, 5.41) is 11.9. The van der Waals surface area contributed by atoms with E-state index in [-0.39, 0.29) is 17.2 Å². The minimum atomic E-state index is -0.921. The number of fused-ring (bicyclic) bond motifs is 2. The third-order valence-corrected chi connectivity index (χ3v) is 9.90. The molecule has 40 heavy (non-hydrogen) atoms. The van der Waals surface area contributed by atoms with Gasteiger partial charge in [-0.3, -0.25) is 24.5 Å². The highest BCUT2D eigenvalue weighted by molar-refractivity contribution is 9.10. The Labute approximate surface area is 248 Å². The number of carbonyl (C=O) groups excluding carboxylic acids is 2. The molecular formula is C27H17BrClN3O6S2. The number of aromatic nitrogens is 1. The van der Waals surface area contributed by atoms with Gasteiger partial charge in [0.2, 0.25) is 11.8 Å². The predicted octanol–water partition coefficient (Wildman–Crippen LogP) is 6.14. The number of benzene rings is 3. The van der Waals surface area contributed by atoms with E-state index in [9.17, 15) is 24.5 Å². The molecule has 4 aromatic rings. The maximum absolute atomic E-state index is 14.0. The van der Waals surface area contributed by atoms with E-state index in [0.717, 1.165) is 38.0 Å². The van der Waals surface area contributed by atoms with Gasteiger partial charge in [-0.2, -0.15) is 0 Å². The summed E-state index contributed by atoms with van der Waals surface area (Å²) in [6.45, 7) is 0.106. The van der Waals surface area contributed by atoms with Gasteiger partial charge in [-0.15, -0.1) is 0 Å². The van der Waals surface area contributed by atoms with E-state index < -0.39 is 33.8 Å². The zero-order chi connectivity index (χ0) is 28.1. The summed E-state index contributed by atoms with van der Waals surface area (Å²) in [5.41, 5.74) is 1.34. The number of amides is 2. The Hall–Kier alpha value is -3.45. The molecule has 0 saturated carbocycles. The summed E-state index contributed by atoms with van der Waals surface area (Å²) in [7, 11) is 0. The van der Waals surface area contributed by atoms with E-state index in [0.29, 0.717) is 31.9 Å². The van der Waals surface area contributed by atoms with Gasteiger partial charge in [0.1, 0.15) is 17.6 Å². The third kappa shape index (κ3) is 4.74. The number of carbonyl (C=O) groups is 2. The van der Waals surface area contributed by atoms with Gasteiger partial charge >= 0.3 is 4.87 Å². The number of nitrogens with zero attached hydrogens (tertiary/aromatic N) is 2. The lowest BCUT2D eigenvalue weighted by Crippen LogP contribution is -2.32. The van der Waals surface area contributed by atoms with Crippen molar-refractivity contribution >= 4 is 73.8 Å². The Morgan fingerprint density at radius 2 is 1.82 bits per heavy atom. The van der Waals surface area contributed by atoms with Crippen LogP contribution in [0.3, 0.4) is 0 Å². The fourth-order valence-corrected chi connectivity index (χ4v) is 7.99. The van der Waals surface area contributed by atoms with E-state index in [1.165, 1.54) is 18.2 Å². The van der Waals surface area contributed by atoms with Crippen molar-refractivity contribution in [3.8, 4) is 5.75 Å². The van der Waals surface area contributed by atoms with Crippen LogP contribution in [-0.4, -0.2) is 27.0 Å². The van der Waals surface area contributed by atoms with E-state index in [4.69, 9.17) is 16.3 Å². The van der Waals surface area contributed by atoms with E-state index >= 15 is 0 Å². The maximum atomic E-state index is 14.0. The van der Waals surface area contributed by atoms with Crippen LogP contribution in [0.2, 0.25) is 5.02 Å². The molecule has 3 atom stereocenters. The highest BCUT2D eigenvalue weighted by Gasteiger charge is 2.57. The average molecular weight is 659 g/mol. The molecule has 6 rings (SSSR count). The molecule has 3 aromatic carbocycles. The zero-order valence-corrected chi connectivity index (χ0v) is 24.2. The Balaban J connectivity index is 1.48. The summed E-state index contributed by atoms with van der Waals surface area (Å²) < 4.78 is 6.93. The van der Waals surface area contributed by atoms with E-state index in [1.807, 2.05) is 6.07 Å². The van der Waals surface area contributed by atoms with Crippen molar-refractivity contribution in [3.05, 3.63) is 112 Å². The molecule has 2 aliphatic heterocycles. The Bertz CT molecular complexity index is 1740. The number of nitro groups is 1. The standard InChI is InChI=1S/C27H17BrClN3O6S2/c28-14-4-6-16(7-5-14)31-25(33)21-20(22-24(30-27(35)40-22)39-23(21)26(31)34)18-11-17(32(36)37)8-9-19(18)38-12-13-2-1-3-15(29)10-13/h1-11,20-21,23H,12H2,(H,30,35)/t20-,21-,23+/m0/s1. The molecule has 3 heterocycles. The van der Waals surface area contributed by atoms with Gasteiger partial charge in [0, 0.05) is 38.0 Å². The normalized spacial score (nSPS) is 19.9. The number of aromatic amines is 1. The minimum absolute atomic E-state index is 0.106. The van der Waals surface area contributed by atoms with Crippen LogP contribution in [0, 0.1) is 16.0 Å². The molecule has 0 bridgehead atoms.